The van der Waals surface area contributed by atoms with Crippen molar-refractivity contribution in [3.63, 3.8) is 0 Å². The average molecular weight is 290 g/mol. The van der Waals surface area contributed by atoms with Gasteiger partial charge in [-0.2, -0.15) is 4.31 Å². The Kier molecular flexibility index (Phi) is 3.69. The molecule has 0 radical (unpaired) electrons. The molecule has 0 aliphatic carbocycles. The van der Waals surface area contributed by atoms with E-state index in [0.717, 1.165) is 11.3 Å². The number of hydrogen-bond acceptors (Lipinski definition) is 5. The molecule has 18 heavy (non-hydrogen) atoms. The van der Waals surface area contributed by atoms with Crippen molar-refractivity contribution in [3.8, 4) is 0 Å². The van der Waals surface area contributed by atoms with Gasteiger partial charge in [-0.15, -0.1) is 11.3 Å². The van der Waals surface area contributed by atoms with Crippen LogP contribution in [0, 0.1) is 12.8 Å². The second kappa shape index (κ2) is 4.94. The number of carboxylic acid groups (broad SMARTS) is 1. The van der Waals surface area contributed by atoms with Crippen LogP contribution in [0.15, 0.2) is 10.4 Å². The predicted molar refractivity (Wildman–Crippen MR) is 66.0 cm³/mol. The lowest BCUT2D eigenvalue weighted by Crippen LogP contribution is -2.42. The van der Waals surface area contributed by atoms with Crippen molar-refractivity contribution in [2.45, 2.75) is 24.0 Å². The van der Waals surface area contributed by atoms with E-state index in [0.29, 0.717) is 24.4 Å². The van der Waals surface area contributed by atoms with Gasteiger partial charge in [0.1, 0.15) is 0 Å². The van der Waals surface area contributed by atoms with E-state index in [9.17, 15) is 13.2 Å². The van der Waals surface area contributed by atoms with Crippen LogP contribution >= 0.6 is 11.3 Å². The largest absolute Gasteiger partial charge is 0.481 e. The monoisotopic (exact) mass is 290 g/mol. The molecule has 0 unspecified atom stereocenters. The Morgan fingerprint density at radius 3 is 2.89 bits per heavy atom. The number of aliphatic carboxylic acids is 1. The number of carboxylic acids is 1. The molecule has 0 bridgehead atoms. The van der Waals surface area contributed by atoms with Crippen LogP contribution in [-0.2, 0) is 14.8 Å². The van der Waals surface area contributed by atoms with Crippen LogP contribution in [0.2, 0.25) is 0 Å². The summed E-state index contributed by atoms with van der Waals surface area (Å²) in [6, 6.07) is 0. The highest BCUT2D eigenvalue weighted by molar-refractivity contribution is 7.91. The molecular weight excluding hydrogens is 276 g/mol. The summed E-state index contributed by atoms with van der Waals surface area (Å²) in [6.45, 7) is 2.16. The normalized spacial score (nSPS) is 21.9. The molecule has 1 aliphatic rings. The molecule has 0 saturated carbocycles. The van der Waals surface area contributed by atoms with Crippen LogP contribution in [0.5, 0.6) is 0 Å². The fourth-order valence-electron chi connectivity index (χ4n) is 1.95. The summed E-state index contributed by atoms with van der Waals surface area (Å²) in [5.41, 5.74) is 0. The lowest BCUT2D eigenvalue weighted by Gasteiger charge is -2.29. The average Bonchev–Trinajstić information content (AvgIpc) is 2.77. The molecule has 1 aromatic heterocycles. The zero-order valence-electron chi connectivity index (χ0n) is 9.87. The molecule has 0 amide bonds. The van der Waals surface area contributed by atoms with Crippen molar-refractivity contribution in [2.24, 2.45) is 5.92 Å². The summed E-state index contributed by atoms with van der Waals surface area (Å²) in [6.07, 6.45) is 2.44. The Morgan fingerprint density at radius 1 is 1.61 bits per heavy atom. The van der Waals surface area contributed by atoms with Gasteiger partial charge >= 0.3 is 5.97 Å². The van der Waals surface area contributed by atoms with Gasteiger partial charge in [0.05, 0.1) is 17.1 Å². The summed E-state index contributed by atoms with van der Waals surface area (Å²) in [5.74, 6) is -1.54. The number of rotatable bonds is 3. The molecule has 100 valence electrons. The Morgan fingerprint density at radius 2 is 2.33 bits per heavy atom. The van der Waals surface area contributed by atoms with E-state index in [-0.39, 0.29) is 10.8 Å². The quantitative estimate of drug-likeness (QED) is 0.895. The fraction of sp³-hybridized carbons (Fsp3) is 0.600. The number of sulfonamides is 1. The Bertz CT molecular complexity index is 552. The zero-order valence-corrected chi connectivity index (χ0v) is 11.5. The molecular formula is C10H14N2O4S2. The summed E-state index contributed by atoms with van der Waals surface area (Å²) >= 11 is 1.11. The summed E-state index contributed by atoms with van der Waals surface area (Å²) in [4.78, 5) is 14.9. The molecule has 8 heteroatoms. The van der Waals surface area contributed by atoms with Crippen molar-refractivity contribution < 1.29 is 18.3 Å². The minimum atomic E-state index is -3.58. The molecule has 1 N–H and O–H groups in total. The van der Waals surface area contributed by atoms with E-state index >= 15 is 0 Å². The van der Waals surface area contributed by atoms with Gasteiger partial charge in [-0.3, -0.25) is 4.79 Å². The molecule has 1 saturated heterocycles. The number of piperidine rings is 1. The van der Waals surface area contributed by atoms with Gasteiger partial charge in [-0.05, 0) is 19.8 Å². The van der Waals surface area contributed by atoms with Gasteiger partial charge in [0.15, 0.2) is 4.21 Å². The maximum Gasteiger partial charge on any atom is 0.307 e. The molecule has 2 rings (SSSR count). The summed E-state index contributed by atoms with van der Waals surface area (Å²) in [5, 5.41) is 9.65. The third-order valence-electron chi connectivity index (χ3n) is 2.93. The number of nitrogens with zero attached hydrogens (tertiary/aromatic N) is 2. The van der Waals surface area contributed by atoms with Gasteiger partial charge in [0.25, 0.3) is 10.0 Å². The van der Waals surface area contributed by atoms with Crippen LogP contribution in [0.3, 0.4) is 0 Å². The lowest BCUT2D eigenvalue weighted by atomic mass is 10.0. The highest BCUT2D eigenvalue weighted by atomic mass is 32.2. The van der Waals surface area contributed by atoms with Gasteiger partial charge in [-0.25, -0.2) is 13.4 Å². The number of thiazole rings is 1. The number of aryl methyl sites for hydroxylation is 1. The second-order valence-electron chi connectivity index (χ2n) is 4.24. The SMILES string of the molecule is Cc1ncc(S(=O)(=O)N2CCC[C@H](C(=O)O)C2)s1. The van der Waals surface area contributed by atoms with Gasteiger partial charge in [-0.1, -0.05) is 0 Å². The molecule has 2 heterocycles. The maximum absolute atomic E-state index is 12.3. The van der Waals surface area contributed by atoms with Gasteiger partial charge in [0, 0.05) is 13.1 Å². The maximum atomic E-state index is 12.3. The van der Waals surface area contributed by atoms with Crippen molar-refractivity contribution in [3.05, 3.63) is 11.2 Å². The van der Waals surface area contributed by atoms with Crippen molar-refractivity contribution >= 4 is 27.3 Å². The van der Waals surface area contributed by atoms with E-state index in [1.54, 1.807) is 6.92 Å². The molecule has 1 fully saturated rings. The lowest BCUT2D eigenvalue weighted by molar-refractivity contribution is -0.142. The first kappa shape index (κ1) is 13.4. The van der Waals surface area contributed by atoms with E-state index < -0.39 is 21.9 Å². The minimum absolute atomic E-state index is 0.0502. The van der Waals surface area contributed by atoms with Crippen molar-refractivity contribution in [2.75, 3.05) is 13.1 Å². The second-order valence-corrected chi connectivity index (χ2v) is 7.64. The van der Waals surface area contributed by atoms with E-state index in [2.05, 4.69) is 4.98 Å². The third-order valence-corrected chi connectivity index (χ3v) is 6.14. The highest BCUT2D eigenvalue weighted by Crippen LogP contribution is 2.26. The van der Waals surface area contributed by atoms with Crippen LogP contribution in [0.25, 0.3) is 0 Å². The Hall–Kier alpha value is -0.990. The Balaban J connectivity index is 2.22. The Labute approximate surface area is 109 Å². The summed E-state index contributed by atoms with van der Waals surface area (Å²) < 4.78 is 26.0. The molecule has 1 aliphatic heterocycles. The minimum Gasteiger partial charge on any atom is -0.481 e. The van der Waals surface area contributed by atoms with E-state index in [1.165, 1.54) is 10.5 Å². The van der Waals surface area contributed by atoms with Gasteiger partial charge in [0.2, 0.25) is 0 Å². The predicted octanol–water partition coefficient (Wildman–Crippen LogP) is 0.937. The van der Waals surface area contributed by atoms with Crippen LogP contribution < -0.4 is 0 Å². The standard InChI is InChI=1S/C10H14N2O4S2/c1-7-11-5-9(17-7)18(15,16)12-4-2-3-8(6-12)10(13)14/h5,8H,2-4,6H2,1H3,(H,13,14)/t8-/m0/s1. The number of carbonyl (C=O) groups is 1. The zero-order chi connectivity index (χ0) is 13.3. The summed E-state index contributed by atoms with van der Waals surface area (Å²) in [7, 11) is -3.58. The van der Waals surface area contributed by atoms with Crippen LogP contribution in [-0.4, -0.2) is 41.9 Å². The highest BCUT2D eigenvalue weighted by Gasteiger charge is 2.34. The first-order valence-electron chi connectivity index (χ1n) is 5.56. The first-order chi connectivity index (χ1) is 8.41. The smallest absolute Gasteiger partial charge is 0.307 e. The van der Waals surface area contributed by atoms with Gasteiger partial charge < -0.3 is 5.11 Å². The number of aromatic nitrogens is 1. The first-order valence-corrected chi connectivity index (χ1v) is 7.82. The van der Waals surface area contributed by atoms with Crippen LogP contribution in [0.1, 0.15) is 17.8 Å². The fourth-order valence-corrected chi connectivity index (χ4v) is 4.74. The molecule has 0 spiro atoms. The number of hydrogen-bond donors (Lipinski definition) is 1. The van der Waals surface area contributed by atoms with Crippen molar-refractivity contribution in [1.82, 2.24) is 9.29 Å². The molecule has 6 nitrogen and oxygen atoms in total. The van der Waals surface area contributed by atoms with E-state index in [1.807, 2.05) is 0 Å². The van der Waals surface area contributed by atoms with E-state index in [4.69, 9.17) is 5.11 Å². The van der Waals surface area contributed by atoms with Crippen LogP contribution in [0.4, 0.5) is 0 Å². The molecule has 1 atom stereocenters. The topological polar surface area (TPSA) is 87.6 Å². The molecule has 1 aromatic rings. The molecule has 0 aromatic carbocycles. The van der Waals surface area contributed by atoms with Crippen molar-refractivity contribution in [1.29, 1.82) is 0 Å². The third kappa shape index (κ3) is 2.55.